The molecule has 0 heterocycles. The molecule has 0 unspecified atom stereocenters. The quantitative estimate of drug-likeness (QED) is 0.673. The number of hydrogen-bond donors (Lipinski definition) is 1. The summed E-state index contributed by atoms with van der Waals surface area (Å²) < 4.78 is 30.8. The van der Waals surface area contributed by atoms with Crippen LogP contribution in [-0.2, 0) is 14.8 Å². The van der Waals surface area contributed by atoms with Gasteiger partial charge in [-0.15, -0.1) is 0 Å². The molecule has 0 bridgehead atoms. The molecule has 158 valence electrons. The zero-order valence-electron chi connectivity index (χ0n) is 17.7. The number of anilines is 1. The molecule has 0 radical (unpaired) electrons. The fourth-order valence-electron chi connectivity index (χ4n) is 3.05. The van der Waals surface area contributed by atoms with Gasteiger partial charge in [-0.05, 0) is 68.1 Å². The summed E-state index contributed by atoms with van der Waals surface area (Å²) in [7, 11) is -1.89. The minimum absolute atomic E-state index is 0.0982. The maximum absolute atomic E-state index is 12.3. The first-order valence-electron chi connectivity index (χ1n) is 9.60. The number of aryl methyl sites for hydroxylation is 2. The molecule has 0 aliphatic rings. The second-order valence-corrected chi connectivity index (χ2v) is 9.18. The number of nitrogens with zero attached hydrogens (tertiary/aromatic N) is 1. The molecule has 0 saturated carbocycles. The van der Waals surface area contributed by atoms with Gasteiger partial charge < -0.3 is 10.1 Å². The summed E-state index contributed by atoms with van der Waals surface area (Å²) >= 11 is 0. The van der Waals surface area contributed by atoms with Crippen LogP contribution in [0.1, 0.15) is 42.5 Å². The number of hydrogen-bond acceptors (Lipinski definition) is 4. The van der Waals surface area contributed by atoms with Gasteiger partial charge >= 0.3 is 0 Å². The summed E-state index contributed by atoms with van der Waals surface area (Å²) in [4.78, 5) is 12.3. The van der Waals surface area contributed by atoms with Crippen molar-refractivity contribution in [3.05, 3.63) is 59.2 Å². The molecule has 0 aliphatic carbocycles. The van der Waals surface area contributed by atoms with Crippen LogP contribution in [0.15, 0.2) is 42.5 Å². The van der Waals surface area contributed by atoms with E-state index in [2.05, 4.69) is 18.3 Å². The van der Waals surface area contributed by atoms with Crippen LogP contribution in [0.25, 0.3) is 0 Å². The number of carbonyl (C=O) groups excluding carboxylic acids is 1. The Bertz CT molecular complexity index is 940. The van der Waals surface area contributed by atoms with Gasteiger partial charge in [0, 0.05) is 13.0 Å². The number of amides is 1. The van der Waals surface area contributed by atoms with Crippen molar-refractivity contribution < 1.29 is 17.9 Å². The van der Waals surface area contributed by atoms with Crippen molar-refractivity contribution in [3.8, 4) is 5.75 Å². The predicted octanol–water partition coefficient (Wildman–Crippen LogP) is 3.74. The van der Waals surface area contributed by atoms with Gasteiger partial charge in [-0.25, -0.2) is 8.42 Å². The van der Waals surface area contributed by atoms with Gasteiger partial charge in [0.1, 0.15) is 5.75 Å². The van der Waals surface area contributed by atoms with Gasteiger partial charge in [0.2, 0.25) is 15.9 Å². The Morgan fingerprint density at radius 3 is 2.31 bits per heavy atom. The molecule has 6 nitrogen and oxygen atoms in total. The highest BCUT2D eigenvalue weighted by Gasteiger charge is 2.18. The van der Waals surface area contributed by atoms with Crippen LogP contribution in [0.4, 0.5) is 5.69 Å². The summed E-state index contributed by atoms with van der Waals surface area (Å²) in [5, 5.41) is 2.99. The fourth-order valence-corrected chi connectivity index (χ4v) is 4.01. The van der Waals surface area contributed by atoms with Crippen LogP contribution in [-0.4, -0.2) is 34.2 Å². The van der Waals surface area contributed by atoms with Crippen LogP contribution in [0.5, 0.6) is 5.75 Å². The highest BCUT2D eigenvalue weighted by Crippen LogP contribution is 2.22. The standard InChI is InChI=1S/C22H30N2O4S/c1-16-8-9-19(15-17(16)2)18(3)23-22(25)7-6-14-24(29(5,26)27)20-10-12-21(28-4)13-11-20/h8-13,15,18H,6-7,14H2,1-5H3,(H,23,25)/t18-/m1/s1. The first-order chi connectivity index (χ1) is 13.6. The number of rotatable bonds is 9. The van der Waals surface area contributed by atoms with Gasteiger partial charge in [0.25, 0.3) is 0 Å². The van der Waals surface area contributed by atoms with Crippen molar-refractivity contribution in [1.82, 2.24) is 5.32 Å². The predicted molar refractivity (Wildman–Crippen MR) is 117 cm³/mol. The third kappa shape index (κ3) is 6.49. The van der Waals surface area contributed by atoms with Crippen molar-refractivity contribution in [3.63, 3.8) is 0 Å². The van der Waals surface area contributed by atoms with Crippen molar-refractivity contribution in [2.45, 2.75) is 39.7 Å². The summed E-state index contributed by atoms with van der Waals surface area (Å²) in [6.45, 7) is 6.28. The Hall–Kier alpha value is -2.54. The van der Waals surface area contributed by atoms with E-state index >= 15 is 0 Å². The summed E-state index contributed by atoms with van der Waals surface area (Å²) in [5.41, 5.74) is 4.01. The third-order valence-corrected chi connectivity index (χ3v) is 6.13. The molecule has 0 fully saturated rings. The zero-order valence-corrected chi connectivity index (χ0v) is 18.5. The van der Waals surface area contributed by atoms with Gasteiger partial charge in [0.15, 0.2) is 0 Å². The Morgan fingerprint density at radius 2 is 1.76 bits per heavy atom. The van der Waals surface area contributed by atoms with E-state index in [1.165, 1.54) is 21.7 Å². The van der Waals surface area contributed by atoms with E-state index in [0.29, 0.717) is 17.9 Å². The molecule has 2 aromatic rings. The molecule has 0 aliphatic heterocycles. The minimum atomic E-state index is -3.45. The SMILES string of the molecule is COc1ccc(N(CCCC(=O)N[C@H](C)c2ccc(C)c(C)c2)S(C)(=O)=O)cc1. The molecule has 1 amide bonds. The van der Waals surface area contributed by atoms with E-state index in [9.17, 15) is 13.2 Å². The molecule has 1 N–H and O–H groups in total. The van der Waals surface area contributed by atoms with Crippen LogP contribution in [0, 0.1) is 13.8 Å². The molecular weight excluding hydrogens is 388 g/mol. The number of carbonyl (C=O) groups is 1. The topological polar surface area (TPSA) is 75.7 Å². The first-order valence-corrected chi connectivity index (χ1v) is 11.4. The first kappa shape index (κ1) is 22.7. The van der Waals surface area contributed by atoms with E-state index < -0.39 is 10.0 Å². The van der Waals surface area contributed by atoms with Crippen molar-refractivity contribution in [1.29, 1.82) is 0 Å². The molecule has 0 spiro atoms. The number of methoxy groups -OCH3 is 1. The molecule has 0 aromatic heterocycles. The van der Waals surface area contributed by atoms with Crippen molar-refractivity contribution in [2.75, 3.05) is 24.2 Å². The lowest BCUT2D eigenvalue weighted by atomic mass is 10.0. The maximum atomic E-state index is 12.3. The van der Waals surface area contributed by atoms with Gasteiger partial charge in [-0.3, -0.25) is 9.10 Å². The maximum Gasteiger partial charge on any atom is 0.232 e. The van der Waals surface area contributed by atoms with E-state index in [-0.39, 0.29) is 24.9 Å². The average molecular weight is 419 g/mol. The van der Waals surface area contributed by atoms with Crippen LogP contribution >= 0.6 is 0 Å². The largest absolute Gasteiger partial charge is 0.497 e. The molecule has 1 atom stereocenters. The second-order valence-electron chi connectivity index (χ2n) is 7.27. The lowest BCUT2D eigenvalue weighted by molar-refractivity contribution is -0.121. The van der Waals surface area contributed by atoms with Gasteiger partial charge in [-0.1, -0.05) is 18.2 Å². The molecule has 29 heavy (non-hydrogen) atoms. The van der Waals surface area contributed by atoms with E-state index in [1.807, 2.05) is 26.0 Å². The monoisotopic (exact) mass is 418 g/mol. The summed E-state index contributed by atoms with van der Waals surface area (Å²) in [5.74, 6) is 0.556. The minimum Gasteiger partial charge on any atom is -0.497 e. The van der Waals surface area contributed by atoms with E-state index in [4.69, 9.17) is 4.74 Å². The molecule has 0 saturated heterocycles. The lowest BCUT2D eigenvalue weighted by Crippen LogP contribution is -2.32. The van der Waals surface area contributed by atoms with Crippen LogP contribution in [0.2, 0.25) is 0 Å². The van der Waals surface area contributed by atoms with E-state index in [1.54, 1.807) is 31.4 Å². The van der Waals surface area contributed by atoms with Gasteiger partial charge in [-0.2, -0.15) is 0 Å². The molecule has 2 rings (SSSR count). The fraction of sp³-hybridized carbons (Fsp3) is 0.409. The number of sulfonamides is 1. The van der Waals surface area contributed by atoms with Gasteiger partial charge in [0.05, 0.1) is 25.1 Å². The number of ether oxygens (including phenoxy) is 1. The molecule has 2 aromatic carbocycles. The third-order valence-electron chi connectivity index (χ3n) is 4.93. The number of benzene rings is 2. The van der Waals surface area contributed by atoms with E-state index in [0.717, 1.165) is 5.56 Å². The highest BCUT2D eigenvalue weighted by molar-refractivity contribution is 7.92. The Kier molecular flexibility index (Phi) is 7.67. The smallest absolute Gasteiger partial charge is 0.232 e. The summed E-state index contributed by atoms with van der Waals surface area (Å²) in [6, 6.07) is 12.9. The zero-order chi connectivity index (χ0) is 21.6. The van der Waals surface area contributed by atoms with Crippen LogP contribution in [0.3, 0.4) is 0 Å². The second kappa shape index (κ2) is 9.78. The van der Waals surface area contributed by atoms with Crippen molar-refractivity contribution >= 4 is 21.6 Å². The Morgan fingerprint density at radius 1 is 1.10 bits per heavy atom. The number of nitrogens with one attached hydrogen (secondary N) is 1. The molecule has 7 heteroatoms. The normalized spacial score (nSPS) is 12.3. The van der Waals surface area contributed by atoms with Crippen LogP contribution < -0.4 is 14.4 Å². The van der Waals surface area contributed by atoms with Crippen molar-refractivity contribution in [2.24, 2.45) is 0 Å². The average Bonchev–Trinajstić information content (AvgIpc) is 2.66. The highest BCUT2D eigenvalue weighted by atomic mass is 32.2. The Balaban J connectivity index is 1.94. The summed E-state index contributed by atoms with van der Waals surface area (Å²) in [6.07, 6.45) is 1.83. The molecular formula is C22H30N2O4S. The Labute approximate surface area is 173 Å². The lowest BCUT2D eigenvalue weighted by Gasteiger charge is -2.23.